The van der Waals surface area contributed by atoms with Gasteiger partial charge in [0.15, 0.2) is 5.76 Å². The largest absolute Gasteiger partial charge is 0.501 e. The average molecular weight is 431 g/mol. The van der Waals surface area contributed by atoms with Gasteiger partial charge in [0.25, 0.3) is 5.91 Å². The molecule has 1 heterocycles. The maximum absolute atomic E-state index is 12.0. The summed E-state index contributed by atoms with van der Waals surface area (Å²) in [5.41, 5.74) is 2.30. The Morgan fingerprint density at radius 1 is 1.06 bits per heavy atom. The van der Waals surface area contributed by atoms with Crippen molar-refractivity contribution in [2.75, 3.05) is 13.1 Å². The van der Waals surface area contributed by atoms with Crippen molar-refractivity contribution in [2.45, 2.75) is 25.4 Å². The molecule has 1 aromatic carbocycles. The van der Waals surface area contributed by atoms with Gasteiger partial charge in [-0.05, 0) is 29.9 Å². The summed E-state index contributed by atoms with van der Waals surface area (Å²) in [6.45, 7) is 0.102. The molecule has 11 heteroatoms. The Morgan fingerprint density at radius 2 is 1.74 bits per heavy atom. The van der Waals surface area contributed by atoms with E-state index in [1.807, 2.05) is 24.3 Å². The van der Waals surface area contributed by atoms with Crippen molar-refractivity contribution in [3.63, 3.8) is 0 Å². The topological polar surface area (TPSA) is 167 Å². The second kappa shape index (κ2) is 9.76. The van der Waals surface area contributed by atoms with Crippen LogP contribution in [-0.2, 0) is 11.3 Å². The molecule has 1 aromatic heterocycles. The molecular weight excluding hydrogens is 410 g/mol. The first-order valence-electron chi connectivity index (χ1n) is 9.48. The highest BCUT2D eigenvalue weighted by Crippen LogP contribution is 2.39. The van der Waals surface area contributed by atoms with Gasteiger partial charge in [0.1, 0.15) is 6.61 Å². The van der Waals surface area contributed by atoms with Gasteiger partial charge in [0.2, 0.25) is 16.9 Å². The summed E-state index contributed by atoms with van der Waals surface area (Å²) < 4.78 is 9.95. The number of hydrogen-bond acceptors (Lipinski definition) is 8. The number of hydroxylamine groups is 1. The molecule has 1 saturated carbocycles. The van der Waals surface area contributed by atoms with E-state index in [9.17, 15) is 24.3 Å². The minimum absolute atomic E-state index is 0.0253. The molecule has 3 rings (SSSR count). The first-order chi connectivity index (χ1) is 14.9. The highest BCUT2D eigenvalue weighted by Gasteiger charge is 2.23. The molecule has 0 unspecified atom stereocenters. The van der Waals surface area contributed by atoms with E-state index >= 15 is 0 Å². The number of hydrogen-bond donors (Lipinski definition) is 5. The molecule has 0 saturated heterocycles. The Kier molecular flexibility index (Phi) is 6.88. The van der Waals surface area contributed by atoms with Crippen LogP contribution in [0.15, 0.2) is 39.5 Å². The van der Waals surface area contributed by atoms with Crippen molar-refractivity contribution >= 4 is 17.9 Å². The van der Waals surface area contributed by atoms with E-state index in [4.69, 9.17) is 14.4 Å². The monoisotopic (exact) mass is 431 g/mol. The molecule has 164 valence electrons. The lowest BCUT2D eigenvalue weighted by Crippen LogP contribution is -2.35. The van der Waals surface area contributed by atoms with Crippen LogP contribution in [0.3, 0.4) is 0 Å². The minimum Gasteiger partial charge on any atom is -0.501 e. The van der Waals surface area contributed by atoms with Crippen molar-refractivity contribution in [1.29, 1.82) is 0 Å². The molecule has 1 fully saturated rings. The van der Waals surface area contributed by atoms with Crippen molar-refractivity contribution in [3.05, 3.63) is 63.2 Å². The second-order valence-electron chi connectivity index (χ2n) is 6.87. The zero-order valence-electron chi connectivity index (χ0n) is 16.3. The summed E-state index contributed by atoms with van der Waals surface area (Å²) in [5.74, 6) is -4.02. The molecule has 1 aliphatic carbocycles. The smallest absolute Gasteiger partial charge is 0.407 e. The fourth-order valence-corrected chi connectivity index (χ4v) is 2.73. The Labute approximate surface area is 176 Å². The number of rotatable bonds is 8. The second-order valence-corrected chi connectivity index (χ2v) is 6.87. The van der Waals surface area contributed by atoms with Crippen LogP contribution < -0.4 is 21.5 Å². The van der Waals surface area contributed by atoms with Gasteiger partial charge in [-0.1, -0.05) is 24.3 Å². The summed E-state index contributed by atoms with van der Waals surface area (Å²) in [4.78, 5) is 46.8. The molecule has 0 radical (unpaired) electrons. The molecule has 2 aromatic rings. The van der Waals surface area contributed by atoms with Crippen LogP contribution in [0, 0.1) is 0 Å². The number of benzene rings is 1. The zero-order valence-corrected chi connectivity index (χ0v) is 16.3. The molecule has 5 N–H and O–H groups in total. The first-order valence-corrected chi connectivity index (χ1v) is 9.48. The van der Waals surface area contributed by atoms with Crippen molar-refractivity contribution in [3.8, 4) is 5.75 Å². The zero-order chi connectivity index (χ0) is 22.4. The summed E-state index contributed by atoms with van der Waals surface area (Å²) in [5, 5.41) is 22.9. The number of aromatic hydroxyl groups is 1. The van der Waals surface area contributed by atoms with Crippen LogP contribution in [0.1, 0.15) is 51.0 Å². The number of amides is 3. The molecule has 31 heavy (non-hydrogen) atoms. The Balaban J connectivity index is 1.41. The van der Waals surface area contributed by atoms with E-state index in [0.717, 1.165) is 5.56 Å². The van der Waals surface area contributed by atoms with Gasteiger partial charge in [-0.15, -0.1) is 0 Å². The standard InChI is InChI=1S/C20H21N3O8/c24-14-9-15(31-17(16(14)25)19(27)23-29)18(26)21-7-8-22-20(28)30-10-11-1-3-12(4-2-11)13-5-6-13/h1-4,9,13,25,29H,5-8,10H2,(H,21,26)(H,22,28)(H,23,27). The van der Waals surface area contributed by atoms with E-state index in [1.54, 1.807) is 0 Å². The molecule has 1 aliphatic rings. The fraction of sp³-hybridized carbons (Fsp3) is 0.300. The predicted octanol–water partition coefficient (Wildman–Crippen LogP) is 0.998. The van der Waals surface area contributed by atoms with E-state index < -0.39 is 40.6 Å². The van der Waals surface area contributed by atoms with E-state index in [-0.39, 0.29) is 19.7 Å². The van der Waals surface area contributed by atoms with Gasteiger partial charge in [-0.2, -0.15) is 0 Å². The summed E-state index contributed by atoms with van der Waals surface area (Å²) in [6.07, 6.45) is 1.76. The van der Waals surface area contributed by atoms with Gasteiger partial charge in [-0.3, -0.25) is 19.6 Å². The lowest BCUT2D eigenvalue weighted by atomic mass is 10.1. The minimum atomic E-state index is -1.30. The fourth-order valence-electron chi connectivity index (χ4n) is 2.73. The van der Waals surface area contributed by atoms with Crippen molar-refractivity contribution in [2.24, 2.45) is 0 Å². The van der Waals surface area contributed by atoms with E-state index in [2.05, 4.69) is 10.6 Å². The normalized spacial score (nSPS) is 12.7. The Hall–Kier alpha value is -3.86. The van der Waals surface area contributed by atoms with Gasteiger partial charge in [0.05, 0.1) is 0 Å². The van der Waals surface area contributed by atoms with E-state index in [1.165, 1.54) is 23.9 Å². The summed E-state index contributed by atoms with van der Waals surface area (Å²) in [6, 6.07) is 8.58. The summed E-state index contributed by atoms with van der Waals surface area (Å²) in [7, 11) is 0. The molecule has 3 amide bonds. The van der Waals surface area contributed by atoms with Gasteiger partial charge in [-0.25, -0.2) is 10.3 Å². The highest BCUT2D eigenvalue weighted by molar-refractivity contribution is 5.95. The highest BCUT2D eigenvalue weighted by atomic mass is 16.5. The quantitative estimate of drug-likeness (QED) is 0.234. The van der Waals surface area contributed by atoms with Crippen LogP contribution in [0.4, 0.5) is 4.79 Å². The van der Waals surface area contributed by atoms with Crippen LogP contribution in [-0.4, -0.2) is 41.3 Å². The molecule has 0 aliphatic heterocycles. The maximum atomic E-state index is 12.0. The third kappa shape index (κ3) is 5.82. The number of ether oxygens (including phenoxy) is 1. The molecule has 0 atom stereocenters. The van der Waals surface area contributed by atoms with Crippen LogP contribution in [0.25, 0.3) is 0 Å². The van der Waals surface area contributed by atoms with Gasteiger partial charge >= 0.3 is 12.0 Å². The summed E-state index contributed by atoms with van der Waals surface area (Å²) >= 11 is 0. The number of carbonyl (C=O) groups is 3. The predicted molar refractivity (Wildman–Crippen MR) is 105 cm³/mol. The van der Waals surface area contributed by atoms with Crippen LogP contribution >= 0.6 is 0 Å². The van der Waals surface area contributed by atoms with Crippen LogP contribution in [0.2, 0.25) is 0 Å². The van der Waals surface area contributed by atoms with Gasteiger partial charge in [0, 0.05) is 19.2 Å². The molecule has 0 spiro atoms. The molecule has 0 bridgehead atoms. The number of nitrogens with one attached hydrogen (secondary N) is 3. The van der Waals surface area contributed by atoms with Gasteiger partial charge < -0.3 is 24.9 Å². The molecule has 11 nitrogen and oxygen atoms in total. The lowest BCUT2D eigenvalue weighted by Gasteiger charge is -2.09. The third-order valence-corrected chi connectivity index (χ3v) is 4.53. The first kappa shape index (κ1) is 21.8. The SMILES string of the molecule is O=C(NCCNC(=O)c1cc(=O)c(O)c(C(=O)NO)o1)OCc1ccc(C2CC2)cc1. The molecular formula is C20H21N3O8. The third-order valence-electron chi connectivity index (χ3n) is 4.53. The average Bonchev–Trinajstić information content (AvgIpc) is 3.62. The Morgan fingerprint density at radius 3 is 2.39 bits per heavy atom. The van der Waals surface area contributed by atoms with Crippen molar-refractivity contribution in [1.82, 2.24) is 16.1 Å². The lowest BCUT2D eigenvalue weighted by molar-refractivity contribution is 0.0663. The number of carbonyl (C=O) groups excluding carboxylic acids is 3. The maximum Gasteiger partial charge on any atom is 0.407 e. The Bertz CT molecular complexity index is 1030. The van der Waals surface area contributed by atoms with Crippen LogP contribution in [0.5, 0.6) is 5.75 Å². The van der Waals surface area contributed by atoms with Crippen molar-refractivity contribution < 1.29 is 33.9 Å². The number of alkyl carbamates (subject to hydrolysis) is 1. The van der Waals surface area contributed by atoms with E-state index in [0.29, 0.717) is 12.0 Å².